The molecule has 1 unspecified atom stereocenters. The molecular formula is C45H44N8O2S. The van der Waals surface area contributed by atoms with E-state index >= 15 is 0 Å². The van der Waals surface area contributed by atoms with Crippen molar-refractivity contribution < 1.29 is 9.59 Å². The molecule has 1 saturated heterocycles. The number of likely N-dealkylation sites (N-methyl/N-ethyl adjacent to an activating group) is 1. The first kappa shape index (κ1) is 38.1. The Kier molecular flexibility index (Phi) is 11.6. The monoisotopic (exact) mass is 760 g/mol. The van der Waals surface area contributed by atoms with Crippen molar-refractivity contribution in [2.24, 2.45) is 0 Å². The summed E-state index contributed by atoms with van der Waals surface area (Å²) in [5.41, 5.74) is 12.3. The standard InChI is InChI=1S/C45H44N8O2S/c1-29(2)37-24-23-36-42(50-37)47-28-48-43(36)51-38-27-31(16-25-40(38)56-35-21-17-33(46)18-22-35)13-12-30-14-19-34(20-15-30)49-44(54)39-11-8-26-53(39)45(55)41(52(3)4)32-9-6-5-7-10-32/h5-7,9-10,14-25,27-29,39,41H,8,11,26,46H2,1-4H3,(H,49,54)(H,47,48,50,51)/t39?,41-/m1/s1. The number of fused-ring (bicyclic) bond motifs is 1. The molecule has 10 nitrogen and oxygen atoms in total. The van der Waals surface area contributed by atoms with Gasteiger partial charge in [-0.3, -0.25) is 14.5 Å². The summed E-state index contributed by atoms with van der Waals surface area (Å²) in [5, 5.41) is 7.39. The molecule has 0 saturated carbocycles. The Morgan fingerprint density at radius 2 is 1.62 bits per heavy atom. The van der Waals surface area contributed by atoms with Crippen LogP contribution in [-0.2, 0) is 9.59 Å². The molecule has 0 bridgehead atoms. The summed E-state index contributed by atoms with van der Waals surface area (Å²) in [7, 11) is 3.78. The molecule has 1 aliphatic heterocycles. The Balaban J connectivity index is 1.08. The second kappa shape index (κ2) is 17.1. The molecule has 2 atom stereocenters. The van der Waals surface area contributed by atoms with Crippen molar-refractivity contribution >= 4 is 57.5 Å². The molecule has 3 heterocycles. The lowest BCUT2D eigenvalue weighted by atomic mass is 10.0. The molecular weight excluding hydrogens is 717 g/mol. The molecule has 1 aliphatic rings. The van der Waals surface area contributed by atoms with Crippen LogP contribution >= 0.6 is 11.8 Å². The minimum Gasteiger partial charge on any atom is -0.399 e. The molecule has 4 N–H and O–H groups in total. The van der Waals surface area contributed by atoms with Crippen LogP contribution in [0.1, 0.15) is 61.0 Å². The Labute approximate surface area is 332 Å². The SMILES string of the molecule is CC(C)c1ccc2c(Nc3cc(C#Cc4ccc(NC(=O)C5CCCN5C(=O)[C@@H](c5ccccc5)N(C)C)cc4)ccc3Sc3ccc(N)cc3)ncnc2n1. The number of amides is 2. The Morgan fingerprint density at radius 3 is 2.36 bits per heavy atom. The number of anilines is 4. The number of likely N-dealkylation sites (tertiary alicyclic amines) is 1. The second-order valence-electron chi connectivity index (χ2n) is 14.3. The van der Waals surface area contributed by atoms with E-state index in [1.807, 2.05) is 128 Å². The van der Waals surface area contributed by atoms with E-state index in [9.17, 15) is 9.59 Å². The zero-order chi connectivity index (χ0) is 39.2. The van der Waals surface area contributed by atoms with Crippen molar-refractivity contribution in [1.82, 2.24) is 24.8 Å². The van der Waals surface area contributed by atoms with Gasteiger partial charge in [-0.2, -0.15) is 0 Å². The lowest BCUT2D eigenvalue weighted by Gasteiger charge is -2.31. The maximum Gasteiger partial charge on any atom is 0.247 e. The van der Waals surface area contributed by atoms with Crippen molar-refractivity contribution in [2.45, 2.75) is 54.5 Å². The predicted octanol–water partition coefficient (Wildman–Crippen LogP) is 8.26. The molecule has 7 rings (SSSR count). The van der Waals surface area contributed by atoms with Crippen molar-refractivity contribution in [1.29, 1.82) is 0 Å². The van der Waals surface area contributed by atoms with Crippen LogP contribution in [0.15, 0.2) is 125 Å². The maximum atomic E-state index is 13.8. The van der Waals surface area contributed by atoms with Gasteiger partial charge in [0, 0.05) is 44.5 Å². The number of pyridine rings is 1. The number of carbonyl (C=O) groups is 2. The number of nitrogens with zero attached hydrogens (tertiary/aromatic N) is 5. The van der Waals surface area contributed by atoms with Gasteiger partial charge >= 0.3 is 0 Å². The summed E-state index contributed by atoms with van der Waals surface area (Å²) in [6, 6.07) is 34.0. The topological polar surface area (TPSA) is 129 Å². The van der Waals surface area contributed by atoms with Crippen molar-refractivity contribution in [3.8, 4) is 11.8 Å². The molecule has 2 amide bonds. The predicted molar refractivity (Wildman–Crippen MR) is 225 cm³/mol. The molecule has 56 heavy (non-hydrogen) atoms. The van der Waals surface area contributed by atoms with E-state index in [0.29, 0.717) is 35.8 Å². The first-order valence-corrected chi connectivity index (χ1v) is 19.5. The third-order valence-corrected chi connectivity index (χ3v) is 10.7. The van der Waals surface area contributed by atoms with Crippen molar-refractivity contribution in [3.63, 3.8) is 0 Å². The third kappa shape index (κ3) is 8.84. The van der Waals surface area contributed by atoms with Gasteiger partial charge in [-0.15, -0.1) is 0 Å². The highest BCUT2D eigenvalue weighted by atomic mass is 32.2. The van der Waals surface area contributed by atoms with Gasteiger partial charge in [-0.25, -0.2) is 15.0 Å². The van der Waals surface area contributed by atoms with E-state index in [1.54, 1.807) is 16.7 Å². The van der Waals surface area contributed by atoms with Crippen LogP contribution in [0, 0.1) is 11.8 Å². The molecule has 6 aromatic rings. The normalized spacial score (nSPS) is 14.4. The van der Waals surface area contributed by atoms with Crippen LogP contribution in [0.25, 0.3) is 11.0 Å². The van der Waals surface area contributed by atoms with Gasteiger partial charge in [0.15, 0.2) is 5.65 Å². The number of rotatable bonds is 10. The van der Waals surface area contributed by atoms with Crippen LogP contribution in [0.4, 0.5) is 22.9 Å². The minimum absolute atomic E-state index is 0.0673. The van der Waals surface area contributed by atoms with E-state index < -0.39 is 12.1 Å². The molecule has 0 spiro atoms. The molecule has 4 aromatic carbocycles. The van der Waals surface area contributed by atoms with E-state index in [0.717, 1.165) is 49.7 Å². The molecule has 0 aliphatic carbocycles. The average Bonchev–Trinajstić information content (AvgIpc) is 3.70. The zero-order valence-electron chi connectivity index (χ0n) is 31.9. The van der Waals surface area contributed by atoms with Gasteiger partial charge in [0.25, 0.3) is 0 Å². The lowest BCUT2D eigenvalue weighted by Crippen LogP contribution is -2.47. The fraction of sp³-hybridized carbons (Fsp3) is 0.222. The molecule has 1 fully saturated rings. The highest BCUT2D eigenvalue weighted by Crippen LogP contribution is 2.37. The van der Waals surface area contributed by atoms with Gasteiger partial charge in [0.2, 0.25) is 11.8 Å². The van der Waals surface area contributed by atoms with Gasteiger partial charge in [0.05, 0.1) is 11.1 Å². The smallest absolute Gasteiger partial charge is 0.247 e. The van der Waals surface area contributed by atoms with Gasteiger partial charge < -0.3 is 21.3 Å². The van der Waals surface area contributed by atoms with Crippen LogP contribution in [0.5, 0.6) is 0 Å². The molecule has 2 aromatic heterocycles. The zero-order valence-corrected chi connectivity index (χ0v) is 32.7. The maximum absolute atomic E-state index is 13.8. The number of aromatic nitrogens is 3. The molecule has 11 heteroatoms. The van der Waals surface area contributed by atoms with Gasteiger partial charge in [-0.05, 0) is 117 Å². The summed E-state index contributed by atoms with van der Waals surface area (Å²) in [6.45, 7) is 4.76. The van der Waals surface area contributed by atoms with Crippen LogP contribution in [-0.4, -0.2) is 63.2 Å². The molecule has 0 radical (unpaired) electrons. The van der Waals surface area contributed by atoms with Crippen LogP contribution in [0.2, 0.25) is 0 Å². The van der Waals surface area contributed by atoms with Gasteiger partial charge in [-0.1, -0.05) is 67.8 Å². The number of nitrogens with two attached hydrogens (primary N) is 1. The minimum atomic E-state index is -0.536. The third-order valence-electron chi connectivity index (χ3n) is 9.66. The quantitative estimate of drug-likeness (QED) is 0.0934. The highest BCUT2D eigenvalue weighted by Gasteiger charge is 2.38. The summed E-state index contributed by atoms with van der Waals surface area (Å²) < 4.78 is 0. The second-order valence-corrected chi connectivity index (χ2v) is 15.4. The summed E-state index contributed by atoms with van der Waals surface area (Å²) in [5.74, 6) is 7.24. The summed E-state index contributed by atoms with van der Waals surface area (Å²) in [4.78, 5) is 46.7. The number of benzene rings is 4. The van der Waals surface area contributed by atoms with Crippen LogP contribution in [0.3, 0.4) is 0 Å². The Hall–Kier alpha value is -6.22. The Bertz CT molecular complexity index is 2410. The van der Waals surface area contributed by atoms with Crippen molar-refractivity contribution in [2.75, 3.05) is 37.0 Å². The van der Waals surface area contributed by atoms with E-state index in [-0.39, 0.29) is 17.7 Å². The largest absolute Gasteiger partial charge is 0.399 e. The number of hydrogen-bond donors (Lipinski definition) is 3. The first-order valence-electron chi connectivity index (χ1n) is 18.6. The van der Waals surface area contributed by atoms with Gasteiger partial charge in [0.1, 0.15) is 24.2 Å². The van der Waals surface area contributed by atoms with Crippen LogP contribution < -0.4 is 16.4 Å². The summed E-state index contributed by atoms with van der Waals surface area (Å²) >= 11 is 1.61. The van der Waals surface area contributed by atoms with E-state index in [1.165, 1.54) is 6.33 Å². The fourth-order valence-electron chi connectivity index (χ4n) is 6.73. The first-order chi connectivity index (χ1) is 27.1. The number of nitrogens with one attached hydrogen (secondary N) is 2. The summed E-state index contributed by atoms with van der Waals surface area (Å²) in [6.07, 6.45) is 2.92. The number of carbonyl (C=O) groups excluding carboxylic acids is 2. The Morgan fingerprint density at radius 1 is 0.893 bits per heavy atom. The number of hydrogen-bond acceptors (Lipinski definition) is 9. The fourth-order valence-corrected chi connectivity index (χ4v) is 7.61. The average molecular weight is 761 g/mol. The lowest BCUT2D eigenvalue weighted by molar-refractivity contribution is -0.140. The highest BCUT2D eigenvalue weighted by molar-refractivity contribution is 7.99. The number of nitrogen functional groups attached to an aromatic ring is 1. The van der Waals surface area contributed by atoms with E-state index in [4.69, 9.17) is 10.7 Å². The van der Waals surface area contributed by atoms with E-state index in [2.05, 4.69) is 46.3 Å². The van der Waals surface area contributed by atoms with Crippen molar-refractivity contribution in [3.05, 3.63) is 138 Å². The molecule has 282 valence electrons.